The zero-order valence-corrected chi connectivity index (χ0v) is 10.8. The van der Waals surface area contributed by atoms with Crippen LogP contribution in [-0.4, -0.2) is 5.78 Å². The summed E-state index contributed by atoms with van der Waals surface area (Å²) in [6.07, 6.45) is 1.39. The first-order chi connectivity index (χ1) is 9.15. The van der Waals surface area contributed by atoms with Crippen LogP contribution in [0.15, 0.2) is 42.5 Å². The van der Waals surface area contributed by atoms with Gasteiger partial charge in [-0.25, -0.2) is 4.39 Å². The predicted molar refractivity (Wildman–Crippen MR) is 72.8 cm³/mol. The number of aryl methyl sites for hydroxylation is 1. The van der Waals surface area contributed by atoms with Gasteiger partial charge in [0.15, 0.2) is 5.78 Å². The summed E-state index contributed by atoms with van der Waals surface area (Å²) in [4.78, 5) is 12.3. The normalized spacial score (nSPS) is 17.6. The van der Waals surface area contributed by atoms with Crippen molar-refractivity contribution in [2.75, 3.05) is 0 Å². The highest BCUT2D eigenvalue weighted by molar-refractivity contribution is 6.02. The van der Waals surface area contributed by atoms with Crippen LogP contribution in [0.4, 0.5) is 4.39 Å². The largest absolute Gasteiger partial charge is 0.294 e. The van der Waals surface area contributed by atoms with Gasteiger partial charge in [-0.2, -0.15) is 0 Å². The number of halogens is 1. The number of Topliss-reactive ketones (excluding diaryl/α,β-unsaturated/α-hetero) is 1. The van der Waals surface area contributed by atoms with E-state index in [1.54, 1.807) is 12.1 Å². The van der Waals surface area contributed by atoms with Crippen LogP contribution in [0.25, 0.3) is 0 Å². The van der Waals surface area contributed by atoms with Crippen molar-refractivity contribution < 1.29 is 9.18 Å². The summed E-state index contributed by atoms with van der Waals surface area (Å²) >= 11 is 0. The van der Waals surface area contributed by atoms with Crippen LogP contribution < -0.4 is 0 Å². The first kappa shape index (κ1) is 12.1. The van der Waals surface area contributed by atoms with Gasteiger partial charge in [0, 0.05) is 11.5 Å². The summed E-state index contributed by atoms with van der Waals surface area (Å²) in [6, 6.07) is 12.5. The van der Waals surface area contributed by atoms with Gasteiger partial charge in [0.25, 0.3) is 0 Å². The Labute approximate surface area is 112 Å². The number of fused-ring (bicyclic) bond motifs is 1. The molecular weight excluding hydrogens is 239 g/mol. The fraction of sp³-hybridized carbons (Fsp3) is 0.235. The lowest BCUT2D eigenvalue weighted by molar-refractivity contribution is 0.0936. The molecule has 0 aromatic heterocycles. The van der Waals surface area contributed by atoms with Crippen molar-refractivity contribution in [3.8, 4) is 0 Å². The van der Waals surface area contributed by atoms with Crippen molar-refractivity contribution in [1.29, 1.82) is 0 Å². The smallest absolute Gasteiger partial charge is 0.166 e. The number of ketones is 1. The van der Waals surface area contributed by atoms with Gasteiger partial charge >= 0.3 is 0 Å². The topological polar surface area (TPSA) is 17.1 Å². The number of hydrogen-bond donors (Lipinski definition) is 0. The third-order valence-electron chi connectivity index (χ3n) is 3.90. The lowest BCUT2D eigenvalue weighted by atomic mass is 9.93. The summed E-state index contributed by atoms with van der Waals surface area (Å²) in [7, 11) is 0. The maximum atomic E-state index is 13.3. The first-order valence-electron chi connectivity index (χ1n) is 6.52. The van der Waals surface area contributed by atoms with Crippen LogP contribution in [0, 0.1) is 18.7 Å². The Morgan fingerprint density at radius 3 is 2.79 bits per heavy atom. The minimum Gasteiger partial charge on any atom is -0.294 e. The summed E-state index contributed by atoms with van der Waals surface area (Å²) in [5.41, 5.74) is 3.93. The molecule has 1 aliphatic rings. The fourth-order valence-corrected chi connectivity index (χ4v) is 2.81. The molecule has 2 aromatic rings. The number of carbonyl (C=O) groups is 1. The highest BCUT2D eigenvalue weighted by Gasteiger charge is 2.30. The van der Waals surface area contributed by atoms with E-state index in [9.17, 15) is 9.18 Å². The molecule has 0 saturated heterocycles. The third-order valence-corrected chi connectivity index (χ3v) is 3.90. The van der Waals surface area contributed by atoms with Crippen molar-refractivity contribution in [2.24, 2.45) is 5.92 Å². The summed E-state index contributed by atoms with van der Waals surface area (Å²) in [6.45, 7) is 1.96. The van der Waals surface area contributed by atoms with Crippen LogP contribution in [0.2, 0.25) is 0 Å². The van der Waals surface area contributed by atoms with Crippen LogP contribution >= 0.6 is 0 Å². The zero-order chi connectivity index (χ0) is 13.4. The molecule has 3 rings (SSSR count). The Balaban J connectivity index is 1.87. The molecule has 1 nitrogen and oxygen atoms in total. The molecule has 0 aliphatic heterocycles. The zero-order valence-electron chi connectivity index (χ0n) is 10.8. The average Bonchev–Trinajstić information content (AvgIpc) is 2.72. The summed E-state index contributed by atoms with van der Waals surface area (Å²) in [5, 5.41) is 0. The molecule has 0 radical (unpaired) electrons. The number of benzene rings is 2. The maximum Gasteiger partial charge on any atom is 0.166 e. The highest BCUT2D eigenvalue weighted by Crippen LogP contribution is 2.29. The Bertz CT molecular complexity index is 645. The molecule has 0 N–H and O–H groups in total. The molecule has 0 spiro atoms. The second-order valence-corrected chi connectivity index (χ2v) is 5.20. The number of rotatable bonds is 2. The lowest BCUT2D eigenvalue weighted by Crippen LogP contribution is -2.13. The van der Waals surface area contributed by atoms with Gasteiger partial charge in [0.05, 0.1) is 0 Å². The monoisotopic (exact) mass is 254 g/mol. The first-order valence-corrected chi connectivity index (χ1v) is 6.52. The predicted octanol–water partition coefficient (Wildman–Crippen LogP) is 3.73. The van der Waals surface area contributed by atoms with Crippen molar-refractivity contribution in [1.82, 2.24) is 0 Å². The van der Waals surface area contributed by atoms with Gasteiger partial charge in [-0.1, -0.05) is 30.3 Å². The maximum absolute atomic E-state index is 13.3. The Kier molecular flexibility index (Phi) is 2.94. The molecule has 0 saturated carbocycles. The van der Waals surface area contributed by atoms with Crippen molar-refractivity contribution in [3.63, 3.8) is 0 Å². The van der Waals surface area contributed by atoms with E-state index in [0.29, 0.717) is 6.42 Å². The molecule has 0 heterocycles. The molecule has 0 amide bonds. The molecular formula is C17H15FO. The van der Waals surface area contributed by atoms with Gasteiger partial charge in [-0.15, -0.1) is 0 Å². The van der Waals surface area contributed by atoms with Gasteiger partial charge in [-0.3, -0.25) is 4.79 Å². The van der Waals surface area contributed by atoms with E-state index in [2.05, 4.69) is 0 Å². The molecule has 19 heavy (non-hydrogen) atoms. The molecule has 1 unspecified atom stereocenters. The second-order valence-electron chi connectivity index (χ2n) is 5.20. The van der Waals surface area contributed by atoms with Crippen molar-refractivity contribution in [2.45, 2.75) is 19.8 Å². The average molecular weight is 254 g/mol. The minimum absolute atomic E-state index is 0.0436. The van der Waals surface area contributed by atoms with E-state index in [1.807, 2.05) is 31.2 Å². The van der Waals surface area contributed by atoms with E-state index in [0.717, 1.165) is 28.7 Å². The van der Waals surface area contributed by atoms with Crippen LogP contribution in [-0.2, 0) is 12.8 Å². The van der Waals surface area contributed by atoms with Gasteiger partial charge in [-0.05, 0) is 48.6 Å². The Morgan fingerprint density at radius 2 is 2.00 bits per heavy atom. The Morgan fingerprint density at radius 1 is 1.21 bits per heavy atom. The molecule has 1 aliphatic carbocycles. The van der Waals surface area contributed by atoms with Crippen molar-refractivity contribution in [3.05, 3.63) is 70.5 Å². The van der Waals surface area contributed by atoms with E-state index < -0.39 is 0 Å². The Hall–Kier alpha value is -1.96. The molecule has 0 bridgehead atoms. The van der Waals surface area contributed by atoms with Gasteiger partial charge in [0.2, 0.25) is 0 Å². The standard InChI is InChI=1S/C17H15FO/c1-11-6-7-15(18)10-13(11)9-14-8-12-4-2-3-5-16(12)17(14)19/h2-7,10,14H,8-9H2,1H3. The van der Waals surface area contributed by atoms with Crippen molar-refractivity contribution >= 4 is 5.78 Å². The van der Waals surface area contributed by atoms with Crippen LogP contribution in [0.1, 0.15) is 27.0 Å². The van der Waals surface area contributed by atoms with E-state index in [4.69, 9.17) is 0 Å². The van der Waals surface area contributed by atoms with E-state index in [1.165, 1.54) is 6.07 Å². The second kappa shape index (κ2) is 4.61. The van der Waals surface area contributed by atoms with E-state index in [-0.39, 0.29) is 17.5 Å². The SMILES string of the molecule is Cc1ccc(F)cc1CC1Cc2ccccc2C1=O. The van der Waals surface area contributed by atoms with Crippen LogP contribution in [0.5, 0.6) is 0 Å². The molecule has 1 atom stereocenters. The summed E-state index contributed by atoms with van der Waals surface area (Å²) in [5.74, 6) is -0.0827. The minimum atomic E-state index is -0.233. The van der Waals surface area contributed by atoms with Crippen LogP contribution in [0.3, 0.4) is 0 Å². The molecule has 0 fully saturated rings. The molecule has 96 valence electrons. The number of hydrogen-bond acceptors (Lipinski definition) is 1. The van der Waals surface area contributed by atoms with E-state index >= 15 is 0 Å². The fourth-order valence-electron chi connectivity index (χ4n) is 2.81. The van der Waals surface area contributed by atoms with Gasteiger partial charge in [0.1, 0.15) is 5.82 Å². The quantitative estimate of drug-likeness (QED) is 0.798. The number of carbonyl (C=O) groups excluding carboxylic acids is 1. The highest BCUT2D eigenvalue weighted by atomic mass is 19.1. The molecule has 2 heteroatoms. The van der Waals surface area contributed by atoms with Gasteiger partial charge < -0.3 is 0 Å². The third kappa shape index (κ3) is 2.19. The summed E-state index contributed by atoms with van der Waals surface area (Å²) < 4.78 is 13.3. The lowest BCUT2D eigenvalue weighted by Gasteiger charge is -2.10. The molecule has 2 aromatic carbocycles.